The standard InChI is InChI=1S/C23H22FNO5S/c1-15-7-6-12-25(15,23(29)30)20(26)14-19(21(27)17-10-5-11-18(24)13-17)31-22(28)16-8-3-2-4-9-16/h2-5,8-11,13,15,19H,6-7,12,14H2,1H3/p+1/t15-,19?,25?/m1/s1. The molecule has 0 saturated carbocycles. The number of amides is 2. The molecule has 2 aromatic carbocycles. The summed E-state index contributed by atoms with van der Waals surface area (Å²) in [5.74, 6) is -1.82. The third-order valence-electron chi connectivity index (χ3n) is 5.69. The van der Waals surface area contributed by atoms with Gasteiger partial charge in [0.15, 0.2) is 5.78 Å². The molecule has 1 fully saturated rings. The third kappa shape index (κ3) is 4.75. The highest BCUT2D eigenvalue weighted by molar-refractivity contribution is 8.15. The number of carbonyl (C=O) groups is 4. The van der Waals surface area contributed by atoms with Crippen molar-refractivity contribution in [2.75, 3.05) is 6.54 Å². The first-order valence-corrected chi connectivity index (χ1v) is 10.8. The molecular formula is C23H23FNO5S+. The number of thioether (sulfide) groups is 1. The normalized spacial score (nSPS) is 21.4. The fourth-order valence-corrected chi connectivity index (χ4v) is 4.95. The lowest BCUT2D eigenvalue weighted by Gasteiger charge is -2.30. The summed E-state index contributed by atoms with van der Waals surface area (Å²) in [7, 11) is 0. The maximum atomic E-state index is 13.7. The predicted molar refractivity (Wildman–Crippen MR) is 114 cm³/mol. The first-order chi connectivity index (χ1) is 14.8. The van der Waals surface area contributed by atoms with Gasteiger partial charge in [-0.15, -0.1) is 0 Å². The second-order valence-electron chi connectivity index (χ2n) is 7.60. The monoisotopic (exact) mass is 444 g/mol. The van der Waals surface area contributed by atoms with E-state index in [1.165, 1.54) is 18.2 Å². The predicted octanol–water partition coefficient (Wildman–Crippen LogP) is 4.54. The quantitative estimate of drug-likeness (QED) is 0.520. The summed E-state index contributed by atoms with van der Waals surface area (Å²) >= 11 is 0.671. The van der Waals surface area contributed by atoms with E-state index in [9.17, 15) is 28.7 Å². The zero-order chi connectivity index (χ0) is 22.6. The highest BCUT2D eigenvalue weighted by Crippen LogP contribution is 2.32. The second-order valence-corrected chi connectivity index (χ2v) is 8.77. The van der Waals surface area contributed by atoms with Crippen LogP contribution in [0.1, 0.15) is 46.9 Å². The van der Waals surface area contributed by atoms with Crippen LogP contribution >= 0.6 is 11.8 Å². The minimum absolute atomic E-state index is 0.0301. The molecule has 8 heteroatoms. The fourth-order valence-electron chi connectivity index (χ4n) is 3.95. The smallest absolute Gasteiger partial charge is 0.435 e. The molecule has 162 valence electrons. The molecule has 0 aliphatic carbocycles. The number of likely N-dealkylation sites (tertiary alicyclic amines) is 1. The number of ketones is 1. The summed E-state index contributed by atoms with van der Waals surface area (Å²) in [5.41, 5.74) is 0.385. The van der Waals surface area contributed by atoms with Crippen LogP contribution in [0.3, 0.4) is 0 Å². The van der Waals surface area contributed by atoms with E-state index in [4.69, 9.17) is 0 Å². The maximum absolute atomic E-state index is 13.7. The molecule has 0 spiro atoms. The Morgan fingerprint density at radius 3 is 2.35 bits per heavy atom. The molecule has 6 nitrogen and oxygen atoms in total. The number of imide groups is 1. The molecule has 3 atom stereocenters. The van der Waals surface area contributed by atoms with Gasteiger partial charge in [0.25, 0.3) is 0 Å². The molecule has 1 heterocycles. The number of carboxylic acid groups (broad SMARTS) is 1. The number of Topliss-reactive ketones (excluding diaryl/α,β-unsaturated/α-hetero) is 1. The highest BCUT2D eigenvalue weighted by Gasteiger charge is 2.53. The Balaban J connectivity index is 1.91. The average Bonchev–Trinajstić information content (AvgIpc) is 3.15. The topological polar surface area (TPSA) is 88.5 Å². The molecule has 2 aromatic rings. The van der Waals surface area contributed by atoms with Crippen molar-refractivity contribution in [2.45, 2.75) is 37.5 Å². The number of benzene rings is 2. The van der Waals surface area contributed by atoms with Crippen molar-refractivity contribution in [1.82, 2.24) is 0 Å². The summed E-state index contributed by atoms with van der Waals surface area (Å²) in [5, 5.41) is 8.23. The molecule has 1 N–H and O–H groups in total. The summed E-state index contributed by atoms with van der Waals surface area (Å²) in [6.07, 6.45) is -0.532. The van der Waals surface area contributed by atoms with Crippen molar-refractivity contribution < 1.29 is 33.2 Å². The highest BCUT2D eigenvalue weighted by atomic mass is 32.2. The Morgan fingerprint density at radius 1 is 1.10 bits per heavy atom. The molecule has 3 rings (SSSR count). The van der Waals surface area contributed by atoms with Crippen LogP contribution < -0.4 is 0 Å². The van der Waals surface area contributed by atoms with Gasteiger partial charge in [-0.2, -0.15) is 9.28 Å². The van der Waals surface area contributed by atoms with Crippen molar-refractivity contribution in [1.29, 1.82) is 0 Å². The Bertz CT molecular complexity index is 1010. The molecule has 2 unspecified atom stereocenters. The van der Waals surface area contributed by atoms with Crippen LogP contribution in [0, 0.1) is 5.82 Å². The van der Waals surface area contributed by atoms with Gasteiger partial charge in [0.2, 0.25) is 5.12 Å². The number of quaternary nitrogens is 1. The second kappa shape index (κ2) is 9.53. The number of nitrogens with zero attached hydrogens (tertiary/aromatic N) is 1. The van der Waals surface area contributed by atoms with E-state index < -0.39 is 50.9 Å². The van der Waals surface area contributed by atoms with Crippen molar-refractivity contribution in [2.24, 2.45) is 0 Å². The molecule has 1 saturated heterocycles. The van der Waals surface area contributed by atoms with Gasteiger partial charge in [-0.1, -0.05) is 54.2 Å². The van der Waals surface area contributed by atoms with E-state index in [1.54, 1.807) is 37.3 Å². The SMILES string of the molecule is C[C@@H]1CCC[N+]1(C(=O)O)C(=O)CC(SC(=O)c1ccccc1)C(=O)c1cccc(F)c1. The van der Waals surface area contributed by atoms with E-state index in [1.807, 2.05) is 0 Å². The molecule has 1 aliphatic rings. The van der Waals surface area contributed by atoms with Gasteiger partial charge in [0.05, 0.1) is 18.2 Å². The van der Waals surface area contributed by atoms with Crippen LogP contribution in [0.5, 0.6) is 0 Å². The van der Waals surface area contributed by atoms with Crippen LogP contribution in [0.4, 0.5) is 9.18 Å². The molecule has 1 aliphatic heterocycles. The van der Waals surface area contributed by atoms with Gasteiger partial charge in [0, 0.05) is 24.0 Å². The Morgan fingerprint density at radius 2 is 1.77 bits per heavy atom. The Labute approximate surface area is 183 Å². The molecule has 2 amide bonds. The first-order valence-electron chi connectivity index (χ1n) is 9.96. The van der Waals surface area contributed by atoms with Crippen LogP contribution in [0.15, 0.2) is 54.6 Å². The summed E-state index contributed by atoms with van der Waals surface area (Å²) in [6.45, 7) is 1.85. The van der Waals surface area contributed by atoms with Crippen LogP contribution in [0.2, 0.25) is 0 Å². The van der Waals surface area contributed by atoms with Crippen molar-refractivity contribution in [3.63, 3.8) is 0 Å². The third-order valence-corrected chi connectivity index (χ3v) is 6.81. The van der Waals surface area contributed by atoms with Crippen LogP contribution in [0.25, 0.3) is 0 Å². The van der Waals surface area contributed by atoms with Crippen molar-refractivity contribution >= 4 is 34.7 Å². The fraction of sp³-hybridized carbons (Fsp3) is 0.304. The van der Waals surface area contributed by atoms with E-state index in [0.717, 1.165) is 6.07 Å². The van der Waals surface area contributed by atoms with Crippen LogP contribution in [-0.4, -0.2) is 50.3 Å². The average molecular weight is 445 g/mol. The minimum atomic E-state index is -1.26. The molecular weight excluding hydrogens is 421 g/mol. The first kappa shape index (κ1) is 22.8. The zero-order valence-corrected chi connectivity index (χ0v) is 17.8. The lowest BCUT2D eigenvalue weighted by molar-refractivity contribution is -0.792. The van der Waals surface area contributed by atoms with Gasteiger partial charge in [-0.25, -0.2) is 9.18 Å². The Hall–Kier alpha value is -2.84. The van der Waals surface area contributed by atoms with Gasteiger partial charge >= 0.3 is 12.0 Å². The zero-order valence-electron chi connectivity index (χ0n) is 17.0. The van der Waals surface area contributed by atoms with Crippen molar-refractivity contribution in [3.8, 4) is 0 Å². The Kier molecular flexibility index (Phi) is 7.02. The van der Waals surface area contributed by atoms with E-state index in [2.05, 4.69) is 0 Å². The van der Waals surface area contributed by atoms with E-state index >= 15 is 0 Å². The van der Waals surface area contributed by atoms with Gasteiger partial charge in [-0.05, 0) is 19.1 Å². The number of carbonyl (C=O) groups excluding carboxylic acids is 3. The summed E-state index contributed by atoms with van der Waals surface area (Å²) in [6, 6.07) is 12.9. The lowest BCUT2D eigenvalue weighted by Crippen LogP contribution is -2.59. The van der Waals surface area contributed by atoms with E-state index in [0.29, 0.717) is 30.2 Å². The lowest BCUT2D eigenvalue weighted by atomic mass is 10.0. The number of hydrogen-bond donors (Lipinski definition) is 1. The summed E-state index contributed by atoms with van der Waals surface area (Å²) in [4.78, 5) is 51.1. The van der Waals surface area contributed by atoms with Crippen molar-refractivity contribution in [3.05, 3.63) is 71.5 Å². The molecule has 0 radical (unpaired) electrons. The maximum Gasteiger partial charge on any atom is 0.521 e. The largest absolute Gasteiger partial charge is 0.521 e. The van der Waals surface area contributed by atoms with Gasteiger partial charge in [0.1, 0.15) is 11.9 Å². The molecule has 0 aromatic heterocycles. The summed E-state index contributed by atoms with van der Waals surface area (Å²) < 4.78 is 12.9. The van der Waals surface area contributed by atoms with Gasteiger partial charge in [-0.3, -0.25) is 9.59 Å². The van der Waals surface area contributed by atoms with E-state index in [-0.39, 0.29) is 12.1 Å². The number of halogens is 1. The van der Waals surface area contributed by atoms with Crippen LogP contribution in [-0.2, 0) is 4.79 Å². The molecule has 0 bridgehead atoms. The number of hydrogen-bond acceptors (Lipinski definition) is 5. The minimum Gasteiger partial charge on any atom is -0.435 e. The molecule has 31 heavy (non-hydrogen) atoms. The van der Waals surface area contributed by atoms with Gasteiger partial charge < -0.3 is 5.11 Å². The number of rotatable bonds is 6.